The van der Waals surface area contributed by atoms with Gasteiger partial charge in [0.1, 0.15) is 5.75 Å². The molecule has 0 aliphatic heterocycles. The number of rotatable bonds is 7. The number of amides is 1. The number of benzene rings is 2. The predicted molar refractivity (Wildman–Crippen MR) is 114 cm³/mol. The third-order valence-corrected chi connectivity index (χ3v) is 4.69. The summed E-state index contributed by atoms with van der Waals surface area (Å²) < 4.78 is 6.61. The largest absolute Gasteiger partial charge is 0.492 e. The van der Waals surface area contributed by atoms with Crippen molar-refractivity contribution in [3.8, 4) is 5.75 Å². The molecule has 0 aliphatic rings. The minimum absolute atomic E-state index is 0.121. The lowest BCUT2D eigenvalue weighted by atomic mass is 9.87. The predicted octanol–water partition coefficient (Wildman–Crippen LogP) is 5.36. The van der Waals surface area contributed by atoms with Crippen molar-refractivity contribution in [1.82, 2.24) is 5.43 Å². The van der Waals surface area contributed by atoms with Gasteiger partial charge in [0.25, 0.3) is 0 Å². The van der Waals surface area contributed by atoms with Gasteiger partial charge in [0.05, 0.1) is 17.3 Å². The van der Waals surface area contributed by atoms with Crippen LogP contribution < -0.4 is 10.2 Å². The Labute approximate surface area is 170 Å². The van der Waals surface area contributed by atoms with E-state index in [1.54, 1.807) is 6.21 Å². The zero-order chi connectivity index (χ0) is 19.9. The van der Waals surface area contributed by atoms with Gasteiger partial charge in [-0.3, -0.25) is 4.79 Å². The van der Waals surface area contributed by atoms with Gasteiger partial charge in [-0.2, -0.15) is 5.10 Å². The Balaban J connectivity index is 1.70. The maximum absolute atomic E-state index is 11.9. The fourth-order valence-electron chi connectivity index (χ4n) is 2.44. The summed E-state index contributed by atoms with van der Waals surface area (Å²) >= 11 is 3.48. The van der Waals surface area contributed by atoms with E-state index >= 15 is 0 Å². The van der Waals surface area contributed by atoms with Crippen molar-refractivity contribution < 1.29 is 9.53 Å². The van der Waals surface area contributed by atoms with Crippen LogP contribution in [0.5, 0.6) is 5.75 Å². The van der Waals surface area contributed by atoms with Crippen molar-refractivity contribution in [1.29, 1.82) is 0 Å². The quantitative estimate of drug-likeness (QED) is 0.364. The number of hydrogen-bond donors (Lipinski definition) is 1. The van der Waals surface area contributed by atoms with Gasteiger partial charge in [0.15, 0.2) is 0 Å². The topological polar surface area (TPSA) is 50.7 Å². The van der Waals surface area contributed by atoms with Crippen molar-refractivity contribution >= 4 is 28.1 Å². The van der Waals surface area contributed by atoms with Crippen molar-refractivity contribution in [3.63, 3.8) is 0 Å². The van der Waals surface area contributed by atoms with E-state index in [1.807, 2.05) is 37.3 Å². The molecule has 0 aromatic heterocycles. The Morgan fingerprint density at radius 3 is 2.52 bits per heavy atom. The molecule has 0 saturated heterocycles. The first-order chi connectivity index (χ1) is 12.8. The first-order valence-corrected chi connectivity index (χ1v) is 9.86. The van der Waals surface area contributed by atoms with Crippen molar-refractivity contribution in [2.45, 2.75) is 46.0 Å². The maximum atomic E-state index is 11.9. The normalized spacial score (nSPS) is 11.6. The van der Waals surface area contributed by atoms with E-state index in [4.69, 9.17) is 4.74 Å². The molecular formula is C22H27BrN2O2. The number of carbonyl (C=O) groups is 1. The number of nitrogens with zero attached hydrogens (tertiary/aromatic N) is 1. The summed E-state index contributed by atoms with van der Waals surface area (Å²) in [6.45, 7) is 9.04. The van der Waals surface area contributed by atoms with E-state index in [0.717, 1.165) is 15.8 Å². The number of nitrogens with one attached hydrogen (secondary N) is 1. The van der Waals surface area contributed by atoms with Gasteiger partial charge >= 0.3 is 0 Å². The monoisotopic (exact) mass is 430 g/mol. The molecule has 2 aromatic carbocycles. The second-order valence-corrected chi connectivity index (χ2v) is 8.41. The molecule has 0 unspecified atom stereocenters. The molecule has 1 amide bonds. The van der Waals surface area contributed by atoms with E-state index in [9.17, 15) is 4.79 Å². The van der Waals surface area contributed by atoms with Crippen molar-refractivity contribution in [2.75, 3.05) is 6.61 Å². The van der Waals surface area contributed by atoms with E-state index < -0.39 is 0 Å². The molecule has 0 heterocycles. The highest BCUT2D eigenvalue weighted by atomic mass is 79.9. The van der Waals surface area contributed by atoms with Crippen LogP contribution in [0, 0.1) is 6.92 Å². The molecule has 2 aromatic rings. The van der Waals surface area contributed by atoms with E-state index in [2.05, 4.69) is 59.4 Å². The first-order valence-electron chi connectivity index (χ1n) is 9.07. The van der Waals surface area contributed by atoms with Crippen LogP contribution in [-0.2, 0) is 10.2 Å². The Bertz CT molecular complexity index is 793. The van der Waals surface area contributed by atoms with Crippen LogP contribution in [0.2, 0.25) is 0 Å². The van der Waals surface area contributed by atoms with Gasteiger partial charge in [0.2, 0.25) is 5.91 Å². The Kier molecular flexibility index (Phi) is 7.60. The highest BCUT2D eigenvalue weighted by Crippen LogP contribution is 2.25. The fourth-order valence-corrected chi connectivity index (χ4v) is 3.05. The van der Waals surface area contributed by atoms with Crippen LogP contribution >= 0.6 is 15.9 Å². The minimum atomic E-state index is -0.121. The molecule has 0 saturated carbocycles. The molecule has 0 spiro atoms. The number of hydrazone groups is 1. The summed E-state index contributed by atoms with van der Waals surface area (Å²) in [5.41, 5.74) is 6.07. The van der Waals surface area contributed by atoms with Crippen LogP contribution in [0.15, 0.2) is 52.0 Å². The second kappa shape index (κ2) is 9.70. The van der Waals surface area contributed by atoms with Crippen LogP contribution in [0.25, 0.3) is 0 Å². The average molecular weight is 431 g/mol. The zero-order valence-electron chi connectivity index (χ0n) is 16.4. The summed E-state index contributed by atoms with van der Waals surface area (Å²) in [6.07, 6.45) is 2.65. The standard InChI is InChI=1S/C22H27BrN2O2/c1-16-7-12-20(19(23)14-16)27-13-5-6-21(26)25-24-15-17-8-10-18(11-9-17)22(2,3)4/h7-12,14-15H,5-6,13H2,1-4H3,(H,25,26)/b24-15+. The SMILES string of the molecule is Cc1ccc(OCCCC(=O)N/N=C/c2ccc(C(C)(C)C)cc2)c(Br)c1. The van der Waals surface area contributed by atoms with Gasteiger partial charge in [-0.25, -0.2) is 5.43 Å². The van der Waals surface area contributed by atoms with E-state index in [0.29, 0.717) is 19.4 Å². The van der Waals surface area contributed by atoms with Gasteiger partial charge in [-0.1, -0.05) is 51.1 Å². The Hall–Kier alpha value is -2.14. The molecule has 144 valence electrons. The van der Waals surface area contributed by atoms with E-state index in [-0.39, 0.29) is 11.3 Å². The Morgan fingerprint density at radius 2 is 1.89 bits per heavy atom. The smallest absolute Gasteiger partial charge is 0.240 e. The van der Waals surface area contributed by atoms with Gasteiger partial charge in [0, 0.05) is 6.42 Å². The molecule has 0 fully saturated rings. The number of carbonyl (C=O) groups excluding carboxylic acids is 1. The average Bonchev–Trinajstić information content (AvgIpc) is 2.60. The number of hydrogen-bond acceptors (Lipinski definition) is 3. The minimum Gasteiger partial charge on any atom is -0.492 e. The van der Waals surface area contributed by atoms with Gasteiger partial charge < -0.3 is 4.74 Å². The lowest BCUT2D eigenvalue weighted by molar-refractivity contribution is -0.121. The lowest BCUT2D eigenvalue weighted by Crippen LogP contribution is -2.18. The number of aryl methyl sites for hydroxylation is 1. The maximum Gasteiger partial charge on any atom is 0.240 e. The van der Waals surface area contributed by atoms with Crippen LogP contribution in [-0.4, -0.2) is 18.7 Å². The summed E-state index contributed by atoms with van der Waals surface area (Å²) in [7, 11) is 0. The van der Waals surface area contributed by atoms with Gasteiger partial charge in [-0.05, 0) is 63.5 Å². The summed E-state index contributed by atoms with van der Waals surface area (Å²) in [6, 6.07) is 14.1. The van der Waals surface area contributed by atoms with Crippen LogP contribution in [0.1, 0.15) is 50.3 Å². The first kappa shape index (κ1) is 21.2. The molecule has 1 N–H and O–H groups in total. The highest BCUT2D eigenvalue weighted by Gasteiger charge is 2.12. The van der Waals surface area contributed by atoms with Crippen LogP contribution in [0.3, 0.4) is 0 Å². The van der Waals surface area contributed by atoms with Crippen LogP contribution in [0.4, 0.5) is 0 Å². The molecule has 0 radical (unpaired) electrons. The lowest BCUT2D eigenvalue weighted by Gasteiger charge is -2.18. The Morgan fingerprint density at radius 1 is 1.19 bits per heavy atom. The molecule has 0 bridgehead atoms. The summed E-state index contributed by atoms with van der Waals surface area (Å²) in [5.74, 6) is 0.668. The third kappa shape index (κ3) is 7.18. The summed E-state index contributed by atoms with van der Waals surface area (Å²) in [4.78, 5) is 11.9. The molecule has 27 heavy (non-hydrogen) atoms. The second-order valence-electron chi connectivity index (χ2n) is 7.55. The van der Waals surface area contributed by atoms with Crippen molar-refractivity contribution in [3.05, 3.63) is 63.6 Å². The molecule has 4 nitrogen and oxygen atoms in total. The highest BCUT2D eigenvalue weighted by molar-refractivity contribution is 9.10. The molecule has 2 rings (SSSR count). The fraction of sp³-hybridized carbons (Fsp3) is 0.364. The third-order valence-electron chi connectivity index (χ3n) is 4.07. The van der Waals surface area contributed by atoms with Gasteiger partial charge in [-0.15, -0.1) is 0 Å². The molecular weight excluding hydrogens is 404 g/mol. The number of halogens is 1. The molecule has 0 atom stereocenters. The molecule has 0 aliphatic carbocycles. The molecule has 5 heteroatoms. The van der Waals surface area contributed by atoms with Crippen molar-refractivity contribution in [2.24, 2.45) is 5.10 Å². The summed E-state index contributed by atoms with van der Waals surface area (Å²) in [5, 5.41) is 4.02. The van der Waals surface area contributed by atoms with E-state index in [1.165, 1.54) is 11.1 Å². The zero-order valence-corrected chi connectivity index (χ0v) is 18.0. The number of ether oxygens (including phenoxy) is 1.